The van der Waals surface area contributed by atoms with E-state index in [-0.39, 0.29) is 36.4 Å². The Morgan fingerprint density at radius 3 is 2.74 bits per heavy atom. The second kappa shape index (κ2) is 9.28. The zero-order valence-electron chi connectivity index (χ0n) is 16.4. The summed E-state index contributed by atoms with van der Waals surface area (Å²) in [4.78, 5) is 33.6. The molecule has 2 fully saturated rings. The third kappa shape index (κ3) is 5.49. The number of carbonyl (C=O) groups excluding carboxylic acids is 2. The molecule has 7 heteroatoms. The first kappa shape index (κ1) is 19.8. The molecule has 7 nitrogen and oxygen atoms in total. The minimum atomic E-state index is -0.358. The first-order valence-electron chi connectivity index (χ1n) is 9.98. The predicted octanol–water partition coefficient (Wildman–Crippen LogP) is 0.761. The summed E-state index contributed by atoms with van der Waals surface area (Å²) in [5.41, 5.74) is 1.08. The molecule has 0 aromatic carbocycles. The molecule has 0 unspecified atom stereocenters. The van der Waals surface area contributed by atoms with Crippen molar-refractivity contribution in [3.8, 4) is 0 Å². The van der Waals surface area contributed by atoms with E-state index in [2.05, 4.69) is 39.3 Å². The van der Waals surface area contributed by atoms with Gasteiger partial charge in [-0.05, 0) is 38.8 Å². The van der Waals surface area contributed by atoms with E-state index in [1.807, 2.05) is 24.4 Å². The normalized spacial score (nSPS) is 22.6. The van der Waals surface area contributed by atoms with Gasteiger partial charge in [-0.3, -0.25) is 24.4 Å². The topological polar surface area (TPSA) is 77.6 Å². The van der Waals surface area contributed by atoms with Crippen LogP contribution in [0.3, 0.4) is 0 Å². The van der Waals surface area contributed by atoms with Crippen LogP contribution in [-0.4, -0.2) is 70.9 Å². The molecule has 1 atom stereocenters. The van der Waals surface area contributed by atoms with Gasteiger partial charge in [0.2, 0.25) is 11.8 Å². The molecule has 0 saturated carbocycles. The lowest BCUT2D eigenvalue weighted by Crippen LogP contribution is -2.58. The van der Waals surface area contributed by atoms with Crippen LogP contribution < -0.4 is 10.6 Å². The van der Waals surface area contributed by atoms with Gasteiger partial charge in [0.15, 0.2) is 0 Å². The number of aromatic nitrogens is 1. The molecule has 148 valence electrons. The molecule has 2 saturated heterocycles. The number of carbonyl (C=O) groups is 2. The highest BCUT2D eigenvalue weighted by Crippen LogP contribution is 2.15. The van der Waals surface area contributed by atoms with Gasteiger partial charge >= 0.3 is 0 Å². The van der Waals surface area contributed by atoms with Crippen LogP contribution in [0.15, 0.2) is 24.4 Å². The van der Waals surface area contributed by atoms with Gasteiger partial charge in [0.1, 0.15) is 0 Å². The van der Waals surface area contributed by atoms with Gasteiger partial charge in [-0.2, -0.15) is 0 Å². The number of hydrogen-bond acceptors (Lipinski definition) is 5. The molecule has 2 aliphatic heterocycles. The van der Waals surface area contributed by atoms with E-state index >= 15 is 0 Å². The Kier molecular flexibility index (Phi) is 6.79. The SMILES string of the molecule is CC(C)N1CCNC(=O)[C@H]1CC(=O)NC1CCN(Cc2ccccn2)CC1. The van der Waals surface area contributed by atoms with Gasteiger partial charge in [0.25, 0.3) is 0 Å². The van der Waals surface area contributed by atoms with Crippen molar-refractivity contribution in [3.05, 3.63) is 30.1 Å². The van der Waals surface area contributed by atoms with Crippen molar-refractivity contribution in [2.75, 3.05) is 26.2 Å². The quantitative estimate of drug-likeness (QED) is 0.770. The average Bonchev–Trinajstić information content (AvgIpc) is 2.65. The molecule has 0 spiro atoms. The van der Waals surface area contributed by atoms with Crippen molar-refractivity contribution in [1.29, 1.82) is 0 Å². The van der Waals surface area contributed by atoms with Crippen LogP contribution in [0, 0.1) is 0 Å². The summed E-state index contributed by atoms with van der Waals surface area (Å²) in [5, 5.41) is 6.02. The summed E-state index contributed by atoms with van der Waals surface area (Å²) in [6.07, 6.45) is 3.93. The molecule has 0 aliphatic carbocycles. The summed E-state index contributed by atoms with van der Waals surface area (Å²) >= 11 is 0. The number of piperidine rings is 1. The summed E-state index contributed by atoms with van der Waals surface area (Å²) < 4.78 is 0. The first-order valence-corrected chi connectivity index (χ1v) is 9.98. The molecule has 2 amide bonds. The second-order valence-electron chi connectivity index (χ2n) is 7.78. The zero-order chi connectivity index (χ0) is 19.2. The zero-order valence-corrected chi connectivity index (χ0v) is 16.4. The highest BCUT2D eigenvalue weighted by Gasteiger charge is 2.33. The van der Waals surface area contributed by atoms with Crippen molar-refractivity contribution in [2.24, 2.45) is 0 Å². The van der Waals surface area contributed by atoms with Crippen LogP contribution in [0.25, 0.3) is 0 Å². The molecule has 2 N–H and O–H groups in total. The number of rotatable bonds is 6. The minimum Gasteiger partial charge on any atom is -0.353 e. The van der Waals surface area contributed by atoms with Crippen LogP contribution >= 0.6 is 0 Å². The molecule has 1 aromatic rings. The Balaban J connectivity index is 1.44. The number of likely N-dealkylation sites (tertiary alicyclic amines) is 1. The molecule has 0 radical (unpaired) electrons. The maximum Gasteiger partial charge on any atom is 0.237 e. The highest BCUT2D eigenvalue weighted by atomic mass is 16.2. The second-order valence-corrected chi connectivity index (χ2v) is 7.78. The van der Waals surface area contributed by atoms with Gasteiger partial charge in [-0.25, -0.2) is 0 Å². The fraction of sp³-hybridized carbons (Fsp3) is 0.650. The monoisotopic (exact) mass is 373 g/mol. The number of hydrogen-bond donors (Lipinski definition) is 2. The van der Waals surface area contributed by atoms with Crippen LogP contribution in [0.4, 0.5) is 0 Å². The van der Waals surface area contributed by atoms with E-state index in [1.54, 1.807) is 0 Å². The molecular weight excluding hydrogens is 342 g/mol. The Morgan fingerprint density at radius 2 is 2.07 bits per heavy atom. The van der Waals surface area contributed by atoms with E-state index in [9.17, 15) is 9.59 Å². The lowest BCUT2D eigenvalue weighted by Gasteiger charge is -2.38. The van der Waals surface area contributed by atoms with E-state index < -0.39 is 0 Å². The smallest absolute Gasteiger partial charge is 0.237 e. The lowest BCUT2D eigenvalue weighted by atomic mass is 10.0. The van der Waals surface area contributed by atoms with Gasteiger partial charge in [-0.1, -0.05) is 6.07 Å². The number of piperazine rings is 1. The minimum absolute atomic E-state index is 0.0223. The van der Waals surface area contributed by atoms with E-state index in [1.165, 1.54) is 0 Å². The highest BCUT2D eigenvalue weighted by molar-refractivity contribution is 5.89. The molecule has 3 rings (SSSR count). The Hall–Kier alpha value is -1.99. The van der Waals surface area contributed by atoms with Gasteiger partial charge in [0, 0.05) is 51.0 Å². The Bertz CT molecular complexity index is 629. The molecule has 2 aliphatic rings. The number of nitrogens with one attached hydrogen (secondary N) is 2. The van der Waals surface area contributed by atoms with Crippen molar-refractivity contribution in [1.82, 2.24) is 25.4 Å². The third-order valence-corrected chi connectivity index (χ3v) is 5.48. The summed E-state index contributed by atoms with van der Waals surface area (Å²) in [6.45, 7) is 8.35. The molecule has 1 aromatic heterocycles. The van der Waals surface area contributed by atoms with Crippen LogP contribution in [-0.2, 0) is 16.1 Å². The number of pyridine rings is 1. The standard InChI is InChI=1S/C20H31N5O2/c1-15(2)25-12-9-22-20(27)18(25)13-19(26)23-16-6-10-24(11-7-16)14-17-5-3-4-8-21-17/h3-5,8,15-16,18H,6-7,9-14H2,1-2H3,(H,22,27)(H,23,26)/t18-/m1/s1. The van der Waals surface area contributed by atoms with Crippen LogP contribution in [0.1, 0.15) is 38.8 Å². The van der Waals surface area contributed by atoms with Gasteiger partial charge in [0.05, 0.1) is 18.2 Å². The Morgan fingerprint density at radius 1 is 1.30 bits per heavy atom. The largest absolute Gasteiger partial charge is 0.353 e. The molecule has 27 heavy (non-hydrogen) atoms. The van der Waals surface area contributed by atoms with Crippen molar-refractivity contribution < 1.29 is 9.59 Å². The average molecular weight is 374 g/mol. The summed E-state index contributed by atoms with van der Waals surface area (Å²) in [5.74, 6) is -0.0545. The lowest BCUT2D eigenvalue weighted by molar-refractivity contribution is -0.135. The fourth-order valence-corrected chi connectivity index (χ4v) is 3.98. The first-order chi connectivity index (χ1) is 13.0. The summed E-state index contributed by atoms with van der Waals surface area (Å²) in [7, 11) is 0. The van der Waals surface area contributed by atoms with E-state index in [4.69, 9.17) is 0 Å². The summed E-state index contributed by atoms with van der Waals surface area (Å²) in [6, 6.07) is 6.07. The van der Waals surface area contributed by atoms with Crippen molar-refractivity contribution in [3.63, 3.8) is 0 Å². The van der Waals surface area contributed by atoms with E-state index in [0.717, 1.165) is 44.7 Å². The molecular formula is C20H31N5O2. The van der Waals surface area contributed by atoms with Crippen molar-refractivity contribution >= 4 is 11.8 Å². The van der Waals surface area contributed by atoms with E-state index in [0.29, 0.717) is 6.54 Å². The van der Waals surface area contributed by atoms with Crippen molar-refractivity contribution in [2.45, 2.75) is 57.8 Å². The number of amides is 2. The molecule has 0 bridgehead atoms. The fourth-order valence-electron chi connectivity index (χ4n) is 3.98. The maximum absolute atomic E-state index is 12.5. The maximum atomic E-state index is 12.5. The van der Waals surface area contributed by atoms with Crippen LogP contribution in [0.5, 0.6) is 0 Å². The predicted molar refractivity (Wildman–Crippen MR) is 104 cm³/mol. The Labute approximate surface area is 161 Å². The number of nitrogens with zero attached hydrogens (tertiary/aromatic N) is 3. The molecule has 3 heterocycles. The van der Waals surface area contributed by atoms with Gasteiger partial charge < -0.3 is 10.6 Å². The van der Waals surface area contributed by atoms with Crippen LogP contribution in [0.2, 0.25) is 0 Å². The third-order valence-electron chi connectivity index (χ3n) is 5.48. The van der Waals surface area contributed by atoms with Gasteiger partial charge in [-0.15, -0.1) is 0 Å².